The number of hydrogen-bond acceptors (Lipinski definition) is 1. The Morgan fingerprint density at radius 1 is 1.29 bits per heavy atom. The topological polar surface area (TPSA) is 3.24 Å². The van der Waals surface area contributed by atoms with E-state index in [0.29, 0.717) is 0 Å². The van der Waals surface area contributed by atoms with Crippen LogP contribution < -0.4 is 0 Å². The summed E-state index contributed by atoms with van der Waals surface area (Å²) in [5, 5.41) is 0. The smallest absolute Gasteiger partial charge is 0.0689 e. The van der Waals surface area contributed by atoms with E-state index < -0.39 is 0 Å². The van der Waals surface area contributed by atoms with E-state index in [9.17, 15) is 0 Å². The van der Waals surface area contributed by atoms with Crippen LogP contribution in [0.25, 0.3) is 0 Å². The summed E-state index contributed by atoms with van der Waals surface area (Å²) in [6, 6.07) is 10.4. The minimum Gasteiger partial charge on any atom is -0.290 e. The van der Waals surface area contributed by atoms with Crippen molar-refractivity contribution in [1.29, 1.82) is 0 Å². The number of benzene rings is 1. The highest BCUT2D eigenvalue weighted by molar-refractivity contribution is 6.17. The molecule has 1 unspecified atom stereocenters. The average molecular weight is 250 g/mol. The predicted octanol–water partition coefficient (Wildman–Crippen LogP) is 3.38. The van der Waals surface area contributed by atoms with Crippen molar-refractivity contribution in [2.24, 2.45) is 0 Å². The Bertz CT molecular complexity index is 364. The van der Waals surface area contributed by atoms with Crippen LogP contribution in [0.5, 0.6) is 0 Å². The third-order valence-corrected chi connectivity index (χ3v) is 3.00. The van der Waals surface area contributed by atoms with E-state index in [-0.39, 0.29) is 6.04 Å². The Kier molecular flexibility index (Phi) is 6.77. The lowest BCUT2D eigenvalue weighted by molar-refractivity contribution is 0.262. The number of alkyl halides is 1. The lowest BCUT2D eigenvalue weighted by atomic mass is 10.2. The second-order valence-electron chi connectivity index (χ2n) is 3.98. The average Bonchev–Trinajstić information content (AvgIpc) is 2.38. The van der Waals surface area contributed by atoms with Crippen molar-refractivity contribution in [3.8, 4) is 11.8 Å². The summed E-state index contributed by atoms with van der Waals surface area (Å²) >= 11 is 5.72. The van der Waals surface area contributed by atoms with E-state index in [2.05, 4.69) is 30.6 Å². The van der Waals surface area contributed by atoms with Crippen LogP contribution in [0.3, 0.4) is 0 Å². The van der Waals surface area contributed by atoms with Crippen LogP contribution in [0.2, 0.25) is 0 Å². The van der Waals surface area contributed by atoms with E-state index in [4.69, 9.17) is 11.6 Å². The van der Waals surface area contributed by atoms with Crippen molar-refractivity contribution >= 4 is 11.6 Å². The predicted molar refractivity (Wildman–Crippen MR) is 75.4 cm³/mol. The molecule has 0 bridgehead atoms. The SMILES string of the molecule is CCN(CCCCl)C(C)C#Cc1ccccc1. The lowest BCUT2D eigenvalue weighted by Crippen LogP contribution is -2.33. The van der Waals surface area contributed by atoms with Crippen LogP contribution in [0.1, 0.15) is 25.8 Å². The van der Waals surface area contributed by atoms with Crippen LogP contribution in [-0.2, 0) is 0 Å². The van der Waals surface area contributed by atoms with Gasteiger partial charge in [0, 0.05) is 18.0 Å². The van der Waals surface area contributed by atoms with Gasteiger partial charge in [-0.1, -0.05) is 37.0 Å². The number of nitrogens with zero attached hydrogens (tertiary/aromatic N) is 1. The summed E-state index contributed by atoms with van der Waals surface area (Å²) in [4.78, 5) is 2.35. The van der Waals surface area contributed by atoms with Gasteiger partial charge in [0.15, 0.2) is 0 Å². The van der Waals surface area contributed by atoms with Gasteiger partial charge in [-0.3, -0.25) is 4.90 Å². The van der Waals surface area contributed by atoms with Gasteiger partial charge in [-0.2, -0.15) is 0 Å². The molecule has 0 aliphatic heterocycles. The maximum atomic E-state index is 5.72. The van der Waals surface area contributed by atoms with Crippen molar-refractivity contribution in [3.63, 3.8) is 0 Å². The van der Waals surface area contributed by atoms with Crippen LogP contribution >= 0.6 is 11.6 Å². The fraction of sp³-hybridized carbons (Fsp3) is 0.467. The second-order valence-corrected chi connectivity index (χ2v) is 4.36. The molecule has 0 aliphatic carbocycles. The minimum absolute atomic E-state index is 0.281. The van der Waals surface area contributed by atoms with Gasteiger partial charge >= 0.3 is 0 Å². The van der Waals surface area contributed by atoms with E-state index in [1.165, 1.54) is 0 Å². The molecule has 0 radical (unpaired) electrons. The van der Waals surface area contributed by atoms with E-state index >= 15 is 0 Å². The summed E-state index contributed by atoms with van der Waals surface area (Å²) in [5.74, 6) is 7.22. The highest BCUT2D eigenvalue weighted by Gasteiger charge is 2.07. The van der Waals surface area contributed by atoms with Crippen LogP contribution in [0.15, 0.2) is 30.3 Å². The highest BCUT2D eigenvalue weighted by Crippen LogP contribution is 2.01. The first-order chi connectivity index (χ1) is 8.27. The molecule has 0 aromatic heterocycles. The van der Waals surface area contributed by atoms with E-state index in [0.717, 1.165) is 31.0 Å². The molecule has 0 saturated carbocycles. The molecule has 1 aromatic rings. The van der Waals surface area contributed by atoms with Crippen LogP contribution in [0, 0.1) is 11.8 Å². The van der Waals surface area contributed by atoms with Gasteiger partial charge in [0.2, 0.25) is 0 Å². The van der Waals surface area contributed by atoms with Crippen LogP contribution in [-0.4, -0.2) is 29.9 Å². The zero-order chi connectivity index (χ0) is 12.5. The van der Waals surface area contributed by atoms with Crippen molar-refractivity contribution in [2.75, 3.05) is 19.0 Å². The van der Waals surface area contributed by atoms with Gasteiger partial charge in [-0.15, -0.1) is 11.6 Å². The molecule has 0 amide bonds. The number of rotatable bonds is 5. The van der Waals surface area contributed by atoms with Gasteiger partial charge in [-0.25, -0.2) is 0 Å². The first-order valence-corrected chi connectivity index (χ1v) is 6.68. The molecule has 0 spiro atoms. The fourth-order valence-corrected chi connectivity index (χ4v) is 1.81. The molecule has 0 N–H and O–H groups in total. The van der Waals surface area contributed by atoms with Crippen molar-refractivity contribution < 1.29 is 0 Å². The molecule has 0 aliphatic rings. The molecule has 0 fully saturated rings. The second kappa shape index (κ2) is 8.17. The molecule has 0 heterocycles. The summed E-state index contributed by atoms with van der Waals surface area (Å²) in [6.07, 6.45) is 1.02. The molecule has 92 valence electrons. The Morgan fingerprint density at radius 3 is 2.59 bits per heavy atom. The van der Waals surface area contributed by atoms with Gasteiger partial charge in [-0.05, 0) is 32.0 Å². The van der Waals surface area contributed by atoms with Gasteiger partial charge in [0.05, 0.1) is 6.04 Å². The molecular weight excluding hydrogens is 230 g/mol. The molecule has 1 nitrogen and oxygen atoms in total. The molecule has 1 atom stereocenters. The molecule has 1 rings (SSSR count). The maximum Gasteiger partial charge on any atom is 0.0689 e. The third kappa shape index (κ3) is 5.26. The third-order valence-electron chi connectivity index (χ3n) is 2.73. The largest absolute Gasteiger partial charge is 0.290 e. The van der Waals surface area contributed by atoms with E-state index in [1.807, 2.05) is 30.3 Å². The number of hydrogen-bond donors (Lipinski definition) is 0. The van der Waals surface area contributed by atoms with Crippen molar-refractivity contribution in [3.05, 3.63) is 35.9 Å². The summed E-state index contributed by atoms with van der Waals surface area (Å²) < 4.78 is 0. The molecule has 0 saturated heterocycles. The number of halogens is 1. The molecule has 17 heavy (non-hydrogen) atoms. The maximum absolute atomic E-state index is 5.72. The monoisotopic (exact) mass is 249 g/mol. The molecule has 1 aromatic carbocycles. The Labute approximate surface area is 110 Å². The summed E-state index contributed by atoms with van der Waals surface area (Å²) in [6.45, 7) is 6.34. The standard InChI is InChI=1S/C15H20ClN/c1-3-17(13-7-12-16)14(2)10-11-15-8-5-4-6-9-15/h4-6,8-9,14H,3,7,12-13H2,1-2H3. The lowest BCUT2D eigenvalue weighted by Gasteiger charge is -2.23. The normalized spacial score (nSPS) is 12.0. The Morgan fingerprint density at radius 2 is 2.00 bits per heavy atom. The Balaban J connectivity index is 2.58. The Hall–Kier alpha value is -0.970. The minimum atomic E-state index is 0.281. The van der Waals surface area contributed by atoms with Gasteiger partial charge in [0.1, 0.15) is 0 Å². The van der Waals surface area contributed by atoms with Crippen LogP contribution in [0.4, 0.5) is 0 Å². The fourth-order valence-electron chi connectivity index (χ4n) is 1.69. The van der Waals surface area contributed by atoms with Crippen molar-refractivity contribution in [2.45, 2.75) is 26.3 Å². The summed E-state index contributed by atoms with van der Waals surface area (Å²) in [5.41, 5.74) is 1.08. The molecule has 2 heteroatoms. The van der Waals surface area contributed by atoms with Crippen molar-refractivity contribution in [1.82, 2.24) is 4.90 Å². The first-order valence-electron chi connectivity index (χ1n) is 6.14. The zero-order valence-corrected chi connectivity index (χ0v) is 11.4. The molecular formula is C15H20ClN. The highest BCUT2D eigenvalue weighted by atomic mass is 35.5. The summed E-state index contributed by atoms with van der Waals surface area (Å²) in [7, 11) is 0. The van der Waals surface area contributed by atoms with Gasteiger partial charge < -0.3 is 0 Å². The van der Waals surface area contributed by atoms with E-state index in [1.54, 1.807) is 0 Å². The van der Waals surface area contributed by atoms with Gasteiger partial charge in [0.25, 0.3) is 0 Å². The quantitative estimate of drug-likeness (QED) is 0.571. The first kappa shape index (κ1) is 14.1. The zero-order valence-electron chi connectivity index (χ0n) is 10.6.